The number of nitrogens with zero attached hydrogens (tertiary/aromatic N) is 4. The van der Waals surface area contributed by atoms with Crippen LogP contribution in [0.1, 0.15) is 17.7 Å². The molecule has 1 N–H and O–H groups in total. The van der Waals surface area contributed by atoms with Crippen LogP contribution in [0.15, 0.2) is 30.7 Å². The summed E-state index contributed by atoms with van der Waals surface area (Å²) in [7, 11) is 0.697. The topological polar surface area (TPSA) is 102 Å². The number of benzene rings is 1. The van der Waals surface area contributed by atoms with Crippen molar-refractivity contribution in [2.24, 2.45) is 0 Å². The predicted molar refractivity (Wildman–Crippen MR) is 128 cm³/mol. The van der Waals surface area contributed by atoms with Crippen molar-refractivity contribution >= 4 is 26.3 Å². The molecule has 0 aliphatic rings. The molecule has 0 radical (unpaired) electrons. The molecular formula is C23H28FN5O4S. The Labute approximate surface area is 197 Å². The number of ether oxygens (including phenoxy) is 2. The zero-order chi connectivity index (χ0) is 24.6. The number of nitrogens with one attached hydrogen (secondary N) is 1. The molecule has 11 heteroatoms. The first-order valence-corrected chi connectivity index (χ1v) is 12.8. The van der Waals surface area contributed by atoms with Gasteiger partial charge in [0.2, 0.25) is 5.88 Å². The van der Waals surface area contributed by atoms with Crippen molar-refractivity contribution in [2.45, 2.75) is 26.3 Å². The molecule has 0 bridgehead atoms. The van der Waals surface area contributed by atoms with Crippen LogP contribution in [0, 0.1) is 19.7 Å². The molecule has 0 aliphatic heterocycles. The third kappa shape index (κ3) is 5.00. The van der Waals surface area contributed by atoms with E-state index < -0.39 is 15.7 Å². The van der Waals surface area contributed by atoms with E-state index in [2.05, 4.69) is 15.1 Å². The highest BCUT2D eigenvalue weighted by molar-refractivity contribution is 7.90. The Balaban J connectivity index is 1.59. The molecule has 34 heavy (non-hydrogen) atoms. The van der Waals surface area contributed by atoms with Crippen molar-refractivity contribution in [1.29, 1.82) is 0 Å². The number of hydrogen-bond acceptors (Lipinski definition) is 7. The van der Waals surface area contributed by atoms with Crippen LogP contribution in [0.2, 0.25) is 0 Å². The van der Waals surface area contributed by atoms with Gasteiger partial charge in [-0.1, -0.05) is 0 Å². The van der Waals surface area contributed by atoms with Gasteiger partial charge in [0, 0.05) is 34.5 Å². The number of likely N-dealkylation sites (N-methyl/N-ethyl adjacent to an activating group) is 1. The van der Waals surface area contributed by atoms with Gasteiger partial charge in [-0.15, -0.1) is 0 Å². The van der Waals surface area contributed by atoms with E-state index in [1.54, 1.807) is 28.9 Å². The molecule has 0 saturated heterocycles. The predicted octanol–water partition coefficient (Wildman–Crippen LogP) is 3.50. The van der Waals surface area contributed by atoms with Gasteiger partial charge < -0.3 is 19.4 Å². The molecule has 1 aromatic carbocycles. The van der Waals surface area contributed by atoms with Crippen molar-refractivity contribution in [3.05, 3.63) is 47.8 Å². The Hall–Kier alpha value is -3.18. The molecular weight excluding hydrogens is 461 g/mol. The maximum absolute atomic E-state index is 15.0. The minimum atomic E-state index is -3.07. The highest BCUT2D eigenvalue weighted by Crippen LogP contribution is 2.34. The average molecular weight is 490 g/mol. The van der Waals surface area contributed by atoms with Crippen molar-refractivity contribution in [3.63, 3.8) is 0 Å². The fraction of sp³-hybridized carbons (Fsp3) is 0.391. The Morgan fingerprint density at radius 3 is 2.71 bits per heavy atom. The zero-order valence-electron chi connectivity index (χ0n) is 19.8. The summed E-state index contributed by atoms with van der Waals surface area (Å²) in [6.45, 7) is 4.00. The molecule has 1 unspecified atom stereocenters. The van der Waals surface area contributed by atoms with Gasteiger partial charge in [-0.3, -0.25) is 0 Å². The van der Waals surface area contributed by atoms with Crippen LogP contribution < -0.4 is 9.47 Å². The van der Waals surface area contributed by atoms with Gasteiger partial charge in [-0.25, -0.2) is 17.3 Å². The number of hydrogen-bond donors (Lipinski definition) is 1. The minimum Gasteiger partial charge on any atom is -0.490 e. The molecule has 0 saturated carbocycles. The second kappa shape index (κ2) is 9.22. The van der Waals surface area contributed by atoms with E-state index >= 15 is 4.39 Å². The Morgan fingerprint density at radius 1 is 1.24 bits per heavy atom. The second-order valence-corrected chi connectivity index (χ2v) is 11.0. The van der Waals surface area contributed by atoms with E-state index in [0.29, 0.717) is 35.2 Å². The number of fused-ring (bicyclic) bond motifs is 2. The van der Waals surface area contributed by atoms with Crippen molar-refractivity contribution in [1.82, 2.24) is 24.5 Å². The molecule has 4 aromatic rings. The van der Waals surface area contributed by atoms with E-state index in [4.69, 9.17) is 9.47 Å². The minimum absolute atomic E-state index is 0.0589. The van der Waals surface area contributed by atoms with Crippen molar-refractivity contribution in [2.75, 3.05) is 32.7 Å². The summed E-state index contributed by atoms with van der Waals surface area (Å²) in [5.41, 5.74) is 2.83. The highest BCUT2D eigenvalue weighted by atomic mass is 32.2. The van der Waals surface area contributed by atoms with Crippen molar-refractivity contribution < 1.29 is 22.3 Å². The van der Waals surface area contributed by atoms with Crippen LogP contribution in [0.25, 0.3) is 16.4 Å². The quantitative estimate of drug-likeness (QED) is 0.384. The monoisotopic (exact) mass is 489 g/mol. The first kappa shape index (κ1) is 24.0. The number of rotatable bonds is 9. The molecule has 3 heterocycles. The molecule has 1 atom stereocenters. The number of aromatic amines is 1. The SMILES string of the molecule is Cc1cc2c(F)c(Oc3ncnn4cc(OCC(CCS(C)(=O)=O)N(C)C)c(C)c34)ccc2[nH]1. The van der Waals surface area contributed by atoms with Crippen LogP contribution in [0.4, 0.5) is 4.39 Å². The standard InChI is InChI=1S/C23H28FN5O4S/c1-14-10-17-18(27-14)6-7-19(21(17)24)33-23-22-15(2)20(11-29(22)26-13-25-23)32-12-16(28(3)4)8-9-34(5,30)31/h6-7,10-11,13,16,27H,8-9,12H2,1-5H3. The molecule has 9 nitrogen and oxygen atoms in total. The maximum atomic E-state index is 15.0. The molecule has 4 rings (SSSR count). The number of aryl methyl sites for hydroxylation is 2. The van der Waals surface area contributed by atoms with E-state index in [9.17, 15) is 8.42 Å². The maximum Gasteiger partial charge on any atom is 0.247 e. The van der Waals surface area contributed by atoms with Gasteiger partial charge in [0.05, 0.1) is 11.9 Å². The van der Waals surface area contributed by atoms with Crippen molar-refractivity contribution in [3.8, 4) is 17.4 Å². The zero-order valence-corrected chi connectivity index (χ0v) is 20.6. The van der Waals surface area contributed by atoms with Crippen LogP contribution in [-0.2, 0) is 9.84 Å². The summed E-state index contributed by atoms with van der Waals surface area (Å²) in [6.07, 6.45) is 4.71. The van der Waals surface area contributed by atoms with E-state index in [-0.39, 0.29) is 23.4 Å². The molecule has 0 amide bonds. The summed E-state index contributed by atoms with van der Waals surface area (Å²) >= 11 is 0. The molecule has 0 aliphatic carbocycles. The van der Waals surface area contributed by atoms with Gasteiger partial charge in [-0.05, 0) is 52.6 Å². The number of aromatic nitrogens is 4. The van der Waals surface area contributed by atoms with E-state index in [1.807, 2.05) is 32.8 Å². The summed E-state index contributed by atoms with van der Waals surface area (Å²) in [5.74, 6) is 0.432. The van der Waals surface area contributed by atoms with Gasteiger partial charge in [0.25, 0.3) is 0 Å². The largest absolute Gasteiger partial charge is 0.490 e. The van der Waals surface area contributed by atoms with Gasteiger partial charge in [-0.2, -0.15) is 10.1 Å². The first-order chi connectivity index (χ1) is 16.0. The highest BCUT2D eigenvalue weighted by Gasteiger charge is 2.20. The third-order valence-electron chi connectivity index (χ3n) is 5.77. The lowest BCUT2D eigenvalue weighted by atomic mass is 10.2. The lowest BCUT2D eigenvalue weighted by Gasteiger charge is -2.24. The normalized spacial score (nSPS) is 13.1. The first-order valence-electron chi connectivity index (χ1n) is 10.8. The Morgan fingerprint density at radius 2 is 2.00 bits per heavy atom. The average Bonchev–Trinajstić information content (AvgIpc) is 3.29. The number of halogens is 1. The Kier molecular flexibility index (Phi) is 6.50. The van der Waals surface area contributed by atoms with Crippen LogP contribution in [0.5, 0.6) is 17.4 Å². The molecule has 182 valence electrons. The fourth-order valence-corrected chi connectivity index (χ4v) is 4.52. The van der Waals surface area contributed by atoms with E-state index in [1.165, 1.54) is 12.6 Å². The Bertz CT molecular complexity index is 1440. The van der Waals surface area contributed by atoms with Gasteiger partial charge >= 0.3 is 0 Å². The molecule has 0 spiro atoms. The summed E-state index contributed by atoms with van der Waals surface area (Å²) in [6, 6.07) is 4.96. The van der Waals surface area contributed by atoms with Crippen LogP contribution in [0.3, 0.4) is 0 Å². The van der Waals surface area contributed by atoms with E-state index in [0.717, 1.165) is 11.3 Å². The van der Waals surface area contributed by atoms with Gasteiger partial charge in [0.1, 0.15) is 34.0 Å². The van der Waals surface area contributed by atoms with Crippen LogP contribution >= 0.6 is 0 Å². The summed E-state index contributed by atoms with van der Waals surface area (Å²) < 4.78 is 51.7. The third-order valence-corrected chi connectivity index (χ3v) is 6.75. The molecule has 3 aromatic heterocycles. The fourth-order valence-electron chi connectivity index (χ4n) is 3.82. The second-order valence-electron chi connectivity index (χ2n) is 8.72. The van der Waals surface area contributed by atoms with Gasteiger partial charge in [0.15, 0.2) is 11.6 Å². The number of H-pyrrole nitrogens is 1. The molecule has 0 fully saturated rings. The lowest BCUT2D eigenvalue weighted by Crippen LogP contribution is -2.35. The van der Waals surface area contributed by atoms with Crippen LogP contribution in [-0.4, -0.2) is 71.7 Å². The summed E-state index contributed by atoms with van der Waals surface area (Å²) in [5, 5.41) is 4.67. The smallest absolute Gasteiger partial charge is 0.247 e. The summed E-state index contributed by atoms with van der Waals surface area (Å²) in [4.78, 5) is 9.26. The lowest BCUT2D eigenvalue weighted by molar-refractivity contribution is 0.181. The number of sulfone groups is 1.